The van der Waals surface area contributed by atoms with Gasteiger partial charge in [-0.15, -0.1) is 11.3 Å². The maximum atomic E-state index is 11.1. The summed E-state index contributed by atoms with van der Waals surface area (Å²) in [6.07, 6.45) is 2.01. The highest BCUT2D eigenvalue weighted by Crippen LogP contribution is 2.21. The quantitative estimate of drug-likeness (QED) is 0.704. The lowest BCUT2D eigenvalue weighted by molar-refractivity contribution is 0.0605. The van der Waals surface area contributed by atoms with E-state index in [9.17, 15) is 4.79 Å². The van der Waals surface area contributed by atoms with Gasteiger partial charge in [-0.25, -0.2) is 4.79 Å². The van der Waals surface area contributed by atoms with Crippen molar-refractivity contribution in [2.75, 3.05) is 13.4 Å². The van der Waals surface area contributed by atoms with Crippen LogP contribution < -0.4 is 0 Å². The molecule has 12 heavy (non-hydrogen) atoms. The lowest BCUT2D eigenvalue weighted by Gasteiger charge is -1.98. The Hall–Kier alpha value is -0.480. The summed E-state index contributed by atoms with van der Waals surface area (Å²) in [5.74, 6) is 0.641. The van der Waals surface area contributed by atoms with Crippen LogP contribution >= 0.6 is 23.1 Å². The molecule has 0 spiro atoms. The van der Waals surface area contributed by atoms with Gasteiger partial charge in [0.25, 0.3) is 0 Å². The number of hydrogen-bond acceptors (Lipinski definition) is 4. The smallest absolute Gasteiger partial charge is 0.348 e. The first-order valence-corrected chi connectivity index (χ1v) is 5.70. The first-order valence-electron chi connectivity index (χ1n) is 3.43. The minimum absolute atomic E-state index is 0.228. The summed E-state index contributed by atoms with van der Waals surface area (Å²) in [4.78, 5) is 11.9. The van der Waals surface area contributed by atoms with Gasteiger partial charge in [-0.05, 0) is 23.3 Å². The third-order valence-corrected chi connectivity index (χ3v) is 2.95. The standard InChI is InChI=1S/C8H10O2S2/c1-10-8(9)7-6(5-11-2)3-4-12-7/h3-4H,5H2,1-2H3. The maximum Gasteiger partial charge on any atom is 0.348 e. The molecule has 0 unspecified atom stereocenters. The van der Waals surface area contributed by atoms with Crippen LogP contribution in [-0.4, -0.2) is 19.3 Å². The van der Waals surface area contributed by atoms with Crippen molar-refractivity contribution in [1.29, 1.82) is 0 Å². The molecule has 0 amide bonds. The van der Waals surface area contributed by atoms with Crippen molar-refractivity contribution in [1.82, 2.24) is 0 Å². The van der Waals surface area contributed by atoms with Crippen molar-refractivity contribution in [3.63, 3.8) is 0 Å². The van der Waals surface area contributed by atoms with E-state index in [1.54, 1.807) is 11.8 Å². The van der Waals surface area contributed by atoms with Gasteiger partial charge >= 0.3 is 5.97 Å². The summed E-state index contributed by atoms with van der Waals surface area (Å²) in [6, 6.07) is 1.97. The molecule has 0 atom stereocenters. The third-order valence-electron chi connectivity index (χ3n) is 1.42. The molecule has 0 aliphatic rings. The first kappa shape index (κ1) is 9.61. The molecular formula is C8H10O2S2. The Balaban J connectivity index is 2.83. The minimum atomic E-state index is -0.228. The van der Waals surface area contributed by atoms with Crippen LogP contribution in [0.4, 0.5) is 0 Å². The second-order valence-corrected chi connectivity index (χ2v) is 3.98. The molecule has 0 bridgehead atoms. The Bertz CT molecular complexity index is 268. The Morgan fingerprint density at radius 1 is 1.75 bits per heavy atom. The molecule has 0 N–H and O–H groups in total. The summed E-state index contributed by atoms with van der Waals surface area (Å²) in [5.41, 5.74) is 1.07. The predicted octanol–water partition coefficient (Wildman–Crippen LogP) is 2.40. The van der Waals surface area contributed by atoms with Gasteiger partial charge in [-0.2, -0.15) is 11.8 Å². The van der Waals surface area contributed by atoms with Crippen molar-refractivity contribution >= 4 is 29.1 Å². The number of methoxy groups -OCH3 is 1. The maximum absolute atomic E-state index is 11.1. The van der Waals surface area contributed by atoms with Gasteiger partial charge in [0.05, 0.1) is 7.11 Å². The average molecular weight is 202 g/mol. The fourth-order valence-corrected chi connectivity index (χ4v) is 2.36. The number of hydrogen-bond donors (Lipinski definition) is 0. The van der Waals surface area contributed by atoms with Gasteiger partial charge in [0.2, 0.25) is 0 Å². The SMILES string of the molecule is COC(=O)c1sccc1CSC. The molecule has 0 aromatic carbocycles. The minimum Gasteiger partial charge on any atom is -0.465 e. The van der Waals surface area contributed by atoms with E-state index >= 15 is 0 Å². The number of esters is 1. The highest BCUT2D eigenvalue weighted by atomic mass is 32.2. The molecule has 0 saturated heterocycles. The zero-order chi connectivity index (χ0) is 8.97. The van der Waals surface area contributed by atoms with Crippen molar-refractivity contribution in [2.45, 2.75) is 5.75 Å². The Labute approximate surface area is 79.9 Å². The van der Waals surface area contributed by atoms with Crippen LogP contribution in [0.1, 0.15) is 15.2 Å². The molecule has 1 aromatic heterocycles. The van der Waals surface area contributed by atoms with E-state index in [0.29, 0.717) is 0 Å². The first-order chi connectivity index (χ1) is 5.79. The average Bonchev–Trinajstić information content (AvgIpc) is 2.52. The van der Waals surface area contributed by atoms with Crippen molar-refractivity contribution in [2.24, 2.45) is 0 Å². The molecule has 66 valence electrons. The summed E-state index contributed by atoms with van der Waals surface area (Å²) in [7, 11) is 1.41. The molecule has 4 heteroatoms. The molecule has 1 heterocycles. The van der Waals surface area contributed by atoms with Crippen molar-refractivity contribution in [3.8, 4) is 0 Å². The summed E-state index contributed by atoms with van der Waals surface area (Å²) in [6.45, 7) is 0. The van der Waals surface area contributed by atoms with E-state index in [1.807, 2.05) is 17.7 Å². The van der Waals surface area contributed by atoms with Crippen LogP contribution in [0, 0.1) is 0 Å². The van der Waals surface area contributed by atoms with Crippen LogP contribution in [0.15, 0.2) is 11.4 Å². The molecule has 1 rings (SSSR count). The van der Waals surface area contributed by atoms with E-state index in [-0.39, 0.29) is 5.97 Å². The third kappa shape index (κ3) is 2.01. The molecule has 2 nitrogen and oxygen atoms in total. The zero-order valence-electron chi connectivity index (χ0n) is 6.99. The highest BCUT2D eigenvalue weighted by molar-refractivity contribution is 7.97. The van der Waals surface area contributed by atoms with E-state index in [0.717, 1.165) is 16.2 Å². The predicted molar refractivity (Wildman–Crippen MR) is 52.9 cm³/mol. The van der Waals surface area contributed by atoms with Crippen molar-refractivity contribution in [3.05, 3.63) is 21.9 Å². The van der Waals surface area contributed by atoms with E-state index in [2.05, 4.69) is 4.74 Å². The van der Waals surface area contributed by atoms with Crippen LogP contribution in [0.2, 0.25) is 0 Å². The molecule has 0 saturated carbocycles. The van der Waals surface area contributed by atoms with Gasteiger partial charge in [0.1, 0.15) is 4.88 Å². The normalized spacial score (nSPS) is 9.83. The van der Waals surface area contributed by atoms with Crippen molar-refractivity contribution < 1.29 is 9.53 Å². The van der Waals surface area contributed by atoms with Crippen LogP contribution in [-0.2, 0) is 10.5 Å². The topological polar surface area (TPSA) is 26.3 Å². The Kier molecular flexibility index (Phi) is 3.62. The Morgan fingerprint density at radius 2 is 2.50 bits per heavy atom. The molecule has 0 aliphatic heterocycles. The molecular weight excluding hydrogens is 192 g/mol. The fraction of sp³-hybridized carbons (Fsp3) is 0.375. The number of carbonyl (C=O) groups is 1. The van der Waals surface area contributed by atoms with Crippen LogP contribution in [0.25, 0.3) is 0 Å². The van der Waals surface area contributed by atoms with E-state index < -0.39 is 0 Å². The summed E-state index contributed by atoms with van der Waals surface area (Å²) >= 11 is 3.13. The zero-order valence-corrected chi connectivity index (χ0v) is 8.63. The van der Waals surface area contributed by atoms with Gasteiger partial charge in [-0.3, -0.25) is 0 Å². The highest BCUT2D eigenvalue weighted by Gasteiger charge is 2.12. The Morgan fingerprint density at radius 3 is 3.08 bits per heavy atom. The number of rotatable bonds is 3. The number of ether oxygens (including phenoxy) is 1. The number of thioether (sulfide) groups is 1. The monoisotopic (exact) mass is 202 g/mol. The molecule has 0 fully saturated rings. The lowest BCUT2D eigenvalue weighted by atomic mass is 10.3. The van der Waals surface area contributed by atoms with Crippen LogP contribution in [0.5, 0.6) is 0 Å². The molecule has 0 aliphatic carbocycles. The second kappa shape index (κ2) is 4.52. The number of thiophene rings is 1. The van der Waals surface area contributed by atoms with Gasteiger partial charge in [0.15, 0.2) is 0 Å². The van der Waals surface area contributed by atoms with Crippen LogP contribution in [0.3, 0.4) is 0 Å². The number of carbonyl (C=O) groups excluding carboxylic acids is 1. The largest absolute Gasteiger partial charge is 0.465 e. The fourth-order valence-electron chi connectivity index (χ4n) is 0.877. The van der Waals surface area contributed by atoms with Gasteiger partial charge < -0.3 is 4.74 Å². The van der Waals surface area contributed by atoms with Gasteiger partial charge in [-0.1, -0.05) is 0 Å². The van der Waals surface area contributed by atoms with Gasteiger partial charge in [0, 0.05) is 5.75 Å². The summed E-state index contributed by atoms with van der Waals surface area (Å²) < 4.78 is 4.64. The van der Waals surface area contributed by atoms with E-state index in [4.69, 9.17) is 0 Å². The van der Waals surface area contributed by atoms with E-state index in [1.165, 1.54) is 18.4 Å². The lowest BCUT2D eigenvalue weighted by Crippen LogP contribution is -2.00. The summed E-state index contributed by atoms with van der Waals surface area (Å²) in [5, 5.41) is 1.91. The molecule has 1 aromatic rings. The molecule has 0 radical (unpaired) electrons. The second-order valence-electron chi connectivity index (χ2n) is 2.20.